The van der Waals surface area contributed by atoms with Crippen molar-refractivity contribution in [2.45, 2.75) is 58.9 Å². The number of ether oxygens (including phenoxy) is 1. The van der Waals surface area contributed by atoms with Gasteiger partial charge in [-0.1, -0.05) is 25.4 Å². The zero-order chi connectivity index (χ0) is 19.8. The van der Waals surface area contributed by atoms with Crippen molar-refractivity contribution >= 4 is 35.5 Å². The largest absolute Gasteiger partial charge is 0.496 e. The van der Waals surface area contributed by atoms with Crippen LogP contribution in [0.15, 0.2) is 18.2 Å². The lowest BCUT2D eigenvalue weighted by Crippen LogP contribution is -2.21. The van der Waals surface area contributed by atoms with Gasteiger partial charge in [-0.05, 0) is 57.2 Å². The maximum absolute atomic E-state index is 6.31. The van der Waals surface area contributed by atoms with Gasteiger partial charge in [-0.2, -0.15) is 9.61 Å². The summed E-state index contributed by atoms with van der Waals surface area (Å²) in [5.74, 6) is 1.88. The molecule has 3 aromatic rings. The van der Waals surface area contributed by atoms with Crippen LogP contribution in [-0.4, -0.2) is 27.7 Å². The van der Waals surface area contributed by atoms with E-state index in [4.69, 9.17) is 26.4 Å². The Balaban J connectivity index is 0.00000240. The molecule has 0 bridgehead atoms. The molecule has 5 nitrogen and oxygen atoms in total. The van der Waals surface area contributed by atoms with Crippen molar-refractivity contribution in [3.8, 4) is 16.9 Å². The lowest BCUT2D eigenvalue weighted by Gasteiger charge is -2.20. The molecule has 4 rings (SSSR count). The molecular weight excluding hydrogens is 407 g/mol. The van der Waals surface area contributed by atoms with Gasteiger partial charge < -0.3 is 10.1 Å². The number of aryl methyl sites for hydroxylation is 2. The van der Waals surface area contributed by atoms with Crippen molar-refractivity contribution in [3.05, 3.63) is 40.2 Å². The van der Waals surface area contributed by atoms with E-state index in [1.807, 2.05) is 29.6 Å². The van der Waals surface area contributed by atoms with Crippen LogP contribution in [0.5, 0.6) is 5.75 Å². The summed E-state index contributed by atoms with van der Waals surface area (Å²) in [5.41, 5.74) is 6.20. The lowest BCUT2D eigenvalue weighted by atomic mass is 10.0. The number of halogens is 2. The van der Waals surface area contributed by atoms with E-state index in [-0.39, 0.29) is 12.4 Å². The standard InChI is InChI=1S/C22H27ClN4O.ClH/c1-5-15(6-2)24-21-16-8-7-9-18(16)25-22-20(13(3)26-27(21)22)17-12-14(23)10-11-19(17)28-4;/h10-12,15,24H,5-9H2,1-4H3;1H. The number of rotatable bonds is 6. The highest BCUT2D eigenvalue weighted by Gasteiger charge is 2.26. The minimum absolute atomic E-state index is 0. The van der Waals surface area contributed by atoms with E-state index in [9.17, 15) is 0 Å². The van der Waals surface area contributed by atoms with Crippen molar-refractivity contribution in [2.24, 2.45) is 0 Å². The highest BCUT2D eigenvalue weighted by molar-refractivity contribution is 6.31. The van der Waals surface area contributed by atoms with Crippen molar-refractivity contribution in [1.29, 1.82) is 0 Å². The summed E-state index contributed by atoms with van der Waals surface area (Å²) < 4.78 is 7.60. The van der Waals surface area contributed by atoms with Gasteiger partial charge in [0.05, 0.1) is 18.4 Å². The van der Waals surface area contributed by atoms with Crippen molar-refractivity contribution in [1.82, 2.24) is 14.6 Å². The number of hydrogen-bond acceptors (Lipinski definition) is 4. The highest BCUT2D eigenvalue weighted by atomic mass is 35.5. The average Bonchev–Trinajstić information content (AvgIpc) is 3.28. The second-order valence-electron chi connectivity index (χ2n) is 7.44. The van der Waals surface area contributed by atoms with Crippen molar-refractivity contribution in [2.75, 3.05) is 12.4 Å². The first kappa shape index (κ1) is 21.7. The van der Waals surface area contributed by atoms with Crippen LogP contribution in [0.2, 0.25) is 5.02 Å². The first-order valence-electron chi connectivity index (χ1n) is 10.1. The minimum Gasteiger partial charge on any atom is -0.496 e. The van der Waals surface area contributed by atoms with Gasteiger partial charge in [-0.15, -0.1) is 12.4 Å². The molecule has 156 valence electrons. The van der Waals surface area contributed by atoms with E-state index in [2.05, 4.69) is 19.2 Å². The van der Waals surface area contributed by atoms with E-state index < -0.39 is 0 Å². The zero-order valence-corrected chi connectivity index (χ0v) is 19.0. The molecule has 1 N–H and O–H groups in total. The zero-order valence-electron chi connectivity index (χ0n) is 17.4. The van der Waals surface area contributed by atoms with E-state index >= 15 is 0 Å². The van der Waals surface area contributed by atoms with Gasteiger partial charge in [0.25, 0.3) is 0 Å². The van der Waals surface area contributed by atoms with E-state index in [0.29, 0.717) is 11.1 Å². The van der Waals surface area contributed by atoms with Crippen LogP contribution in [0.1, 0.15) is 50.1 Å². The summed E-state index contributed by atoms with van der Waals surface area (Å²) in [5, 5.41) is 9.32. The number of fused-ring (bicyclic) bond motifs is 2. The number of methoxy groups -OCH3 is 1. The number of anilines is 1. The molecule has 0 atom stereocenters. The fourth-order valence-electron chi connectivity index (χ4n) is 4.16. The second kappa shape index (κ2) is 8.80. The third kappa shape index (κ3) is 3.78. The Morgan fingerprint density at radius 3 is 2.69 bits per heavy atom. The van der Waals surface area contributed by atoms with Crippen LogP contribution < -0.4 is 10.1 Å². The van der Waals surface area contributed by atoms with Gasteiger partial charge in [0.1, 0.15) is 11.6 Å². The van der Waals surface area contributed by atoms with Crippen LogP contribution in [0.25, 0.3) is 16.8 Å². The Morgan fingerprint density at radius 1 is 1.24 bits per heavy atom. The summed E-state index contributed by atoms with van der Waals surface area (Å²) >= 11 is 6.31. The number of benzene rings is 1. The van der Waals surface area contributed by atoms with Crippen LogP contribution in [0.3, 0.4) is 0 Å². The van der Waals surface area contributed by atoms with E-state index in [1.165, 1.54) is 11.3 Å². The molecule has 29 heavy (non-hydrogen) atoms. The van der Waals surface area contributed by atoms with Crippen LogP contribution >= 0.6 is 24.0 Å². The van der Waals surface area contributed by atoms with Crippen LogP contribution in [0, 0.1) is 6.92 Å². The molecule has 2 heterocycles. The summed E-state index contributed by atoms with van der Waals surface area (Å²) in [6.45, 7) is 6.46. The van der Waals surface area contributed by atoms with Gasteiger partial charge >= 0.3 is 0 Å². The fourth-order valence-corrected chi connectivity index (χ4v) is 4.33. The molecule has 2 aromatic heterocycles. The van der Waals surface area contributed by atoms with Crippen LogP contribution in [-0.2, 0) is 12.8 Å². The van der Waals surface area contributed by atoms with Gasteiger partial charge in [0.2, 0.25) is 0 Å². The third-order valence-electron chi connectivity index (χ3n) is 5.72. The molecule has 0 aliphatic heterocycles. The SMILES string of the molecule is CCC(CC)Nc1c2c(nc3c(-c4cc(Cl)ccc4OC)c(C)nn13)CCC2.Cl. The second-order valence-corrected chi connectivity index (χ2v) is 7.87. The van der Waals surface area contributed by atoms with Crippen molar-refractivity contribution < 1.29 is 4.74 Å². The Labute approximate surface area is 183 Å². The fraction of sp³-hybridized carbons (Fsp3) is 0.455. The summed E-state index contributed by atoms with van der Waals surface area (Å²) in [6.07, 6.45) is 5.35. The molecule has 1 aliphatic carbocycles. The molecule has 1 aromatic carbocycles. The summed E-state index contributed by atoms with van der Waals surface area (Å²) in [4.78, 5) is 5.04. The van der Waals surface area contributed by atoms with Gasteiger partial charge in [-0.25, -0.2) is 4.98 Å². The smallest absolute Gasteiger partial charge is 0.165 e. The number of hydrogen-bond donors (Lipinski definition) is 1. The lowest BCUT2D eigenvalue weighted by molar-refractivity contribution is 0.416. The Kier molecular flexibility index (Phi) is 6.59. The Hall–Kier alpha value is -1.98. The maximum atomic E-state index is 6.31. The molecule has 0 fully saturated rings. The monoisotopic (exact) mass is 434 g/mol. The van der Waals surface area contributed by atoms with Crippen LogP contribution in [0.4, 0.5) is 5.82 Å². The third-order valence-corrected chi connectivity index (χ3v) is 5.96. The molecule has 1 aliphatic rings. The molecule has 0 saturated heterocycles. The highest BCUT2D eigenvalue weighted by Crippen LogP contribution is 2.39. The summed E-state index contributed by atoms with van der Waals surface area (Å²) in [6, 6.07) is 6.10. The molecule has 0 amide bonds. The van der Waals surface area contributed by atoms with E-state index in [0.717, 1.165) is 66.1 Å². The molecule has 7 heteroatoms. The van der Waals surface area contributed by atoms with Crippen molar-refractivity contribution in [3.63, 3.8) is 0 Å². The van der Waals surface area contributed by atoms with Gasteiger partial charge in [0.15, 0.2) is 5.65 Å². The Morgan fingerprint density at radius 2 is 2.00 bits per heavy atom. The molecular formula is C22H28Cl2N4O. The molecule has 0 unspecified atom stereocenters. The van der Waals surface area contributed by atoms with Gasteiger partial charge in [0, 0.05) is 27.9 Å². The first-order valence-corrected chi connectivity index (χ1v) is 10.5. The quantitative estimate of drug-likeness (QED) is 0.526. The molecule has 0 radical (unpaired) electrons. The molecule has 0 saturated carbocycles. The average molecular weight is 435 g/mol. The Bertz CT molecular complexity index is 1030. The predicted octanol–water partition coefficient (Wildman–Crippen LogP) is 5.88. The van der Waals surface area contributed by atoms with E-state index in [1.54, 1.807) is 7.11 Å². The summed E-state index contributed by atoms with van der Waals surface area (Å²) in [7, 11) is 1.68. The normalized spacial score (nSPS) is 12.9. The predicted molar refractivity (Wildman–Crippen MR) is 122 cm³/mol. The molecule has 0 spiro atoms. The first-order chi connectivity index (χ1) is 13.6. The maximum Gasteiger partial charge on any atom is 0.165 e. The number of nitrogens with one attached hydrogen (secondary N) is 1. The topological polar surface area (TPSA) is 51.5 Å². The van der Waals surface area contributed by atoms with Gasteiger partial charge in [-0.3, -0.25) is 0 Å². The minimum atomic E-state index is 0. The number of aromatic nitrogens is 3. The number of nitrogens with zero attached hydrogens (tertiary/aromatic N) is 3.